The lowest BCUT2D eigenvalue weighted by molar-refractivity contribution is -0.126. The van der Waals surface area contributed by atoms with E-state index in [0.29, 0.717) is 5.69 Å². The van der Waals surface area contributed by atoms with E-state index in [4.69, 9.17) is 4.74 Å². The highest BCUT2D eigenvalue weighted by molar-refractivity contribution is 7.91. The molecule has 1 heterocycles. The highest BCUT2D eigenvalue weighted by atomic mass is 32.2. The second-order valence-corrected chi connectivity index (χ2v) is 7.53. The Morgan fingerprint density at radius 1 is 1.25 bits per heavy atom. The molecule has 1 saturated heterocycles. The van der Waals surface area contributed by atoms with Crippen LogP contribution in [0.15, 0.2) is 18.2 Å². The number of hydrogen-bond acceptors (Lipinski definition) is 4. The van der Waals surface area contributed by atoms with Crippen molar-refractivity contribution in [3.8, 4) is 0 Å². The van der Waals surface area contributed by atoms with Crippen LogP contribution in [0.4, 0.5) is 5.69 Å². The Labute approximate surface area is 118 Å². The van der Waals surface area contributed by atoms with Crippen LogP contribution in [0.5, 0.6) is 0 Å². The summed E-state index contributed by atoms with van der Waals surface area (Å²) >= 11 is 0. The summed E-state index contributed by atoms with van der Waals surface area (Å²) in [5.41, 5.74) is 3.31. The molecule has 0 bridgehead atoms. The minimum atomic E-state index is -3.16. The Morgan fingerprint density at radius 3 is 2.85 bits per heavy atom. The first-order valence-corrected chi connectivity index (χ1v) is 8.60. The van der Waals surface area contributed by atoms with Gasteiger partial charge >= 0.3 is 0 Å². The number of sulfone groups is 1. The van der Waals surface area contributed by atoms with Crippen molar-refractivity contribution in [2.24, 2.45) is 0 Å². The molecule has 1 unspecified atom stereocenters. The number of fused-ring (bicyclic) bond motifs is 1. The van der Waals surface area contributed by atoms with Gasteiger partial charge in [0.05, 0.1) is 18.1 Å². The fourth-order valence-corrected chi connectivity index (χ4v) is 3.93. The summed E-state index contributed by atoms with van der Waals surface area (Å²) in [7, 11) is -3.16. The van der Waals surface area contributed by atoms with Crippen molar-refractivity contribution in [1.82, 2.24) is 0 Å². The molecule has 5 nitrogen and oxygen atoms in total. The van der Waals surface area contributed by atoms with E-state index in [0.717, 1.165) is 19.3 Å². The molecule has 1 aliphatic heterocycles. The Bertz CT molecular complexity index is 639. The number of nitrogens with one attached hydrogen (secondary N) is 1. The van der Waals surface area contributed by atoms with Crippen molar-refractivity contribution in [1.29, 1.82) is 0 Å². The van der Waals surface area contributed by atoms with Crippen LogP contribution >= 0.6 is 0 Å². The maximum atomic E-state index is 12.1. The molecule has 0 aromatic heterocycles. The van der Waals surface area contributed by atoms with Gasteiger partial charge in [-0.3, -0.25) is 4.79 Å². The highest BCUT2D eigenvalue weighted by Gasteiger charge is 2.30. The molecule has 0 radical (unpaired) electrons. The maximum Gasteiger partial charge on any atom is 0.254 e. The lowest BCUT2D eigenvalue weighted by atomic mass is 10.1. The summed E-state index contributed by atoms with van der Waals surface area (Å²) in [5.74, 6) is -0.620. The molecule has 20 heavy (non-hydrogen) atoms. The van der Waals surface area contributed by atoms with Gasteiger partial charge in [0, 0.05) is 5.69 Å². The predicted octanol–water partition coefficient (Wildman–Crippen LogP) is 0.927. The van der Waals surface area contributed by atoms with E-state index in [1.807, 2.05) is 18.2 Å². The molecule has 108 valence electrons. The molecular formula is C14H17NO4S. The van der Waals surface area contributed by atoms with E-state index in [9.17, 15) is 13.2 Å². The van der Waals surface area contributed by atoms with Gasteiger partial charge in [0.2, 0.25) is 0 Å². The first-order chi connectivity index (χ1) is 9.53. The Morgan fingerprint density at radius 2 is 2.05 bits per heavy atom. The number of hydrogen-bond donors (Lipinski definition) is 1. The van der Waals surface area contributed by atoms with Gasteiger partial charge in [0.1, 0.15) is 0 Å². The summed E-state index contributed by atoms with van der Waals surface area (Å²) < 4.78 is 28.3. The van der Waals surface area contributed by atoms with Gasteiger partial charge in [0.15, 0.2) is 15.9 Å². The molecule has 0 spiro atoms. The first kappa shape index (κ1) is 13.6. The molecule has 1 aromatic carbocycles. The van der Waals surface area contributed by atoms with Gasteiger partial charge in [-0.2, -0.15) is 0 Å². The second kappa shape index (κ2) is 5.18. The SMILES string of the molecule is O=C(Nc1ccc2c(c1)CCC2)C1CS(=O)(=O)CCO1. The van der Waals surface area contributed by atoms with Crippen LogP contribution in [0.25, 0.3) is 0 Å². The first-order valence-electron chi connectivity index (χ1n) is 6.78. The Balaban J connectivity index is 1.70. The van der Waals surface area contributed by atoms with Crippen molar-refractivity contribution in [3.63, 3.8) is 0 Å². The molecule has 1 N–H and O–H groups in total. The monoisotopic (exact) mass is 295 g/mol. The van der Waals surface area contributed by atoms with Crippen LogP contribution in [0, 0.1) is 0 Å². The van der Waals surface area contributed by atoms with Gasteiger partial charge in [-0.15, -0.1) is 0 Å². The van der Waals surface area contributed by atoms with Gasteiger partial charge in [0.25, 0.3) is 5.91 Å². The van der Waals surface area contributed by atoms with E-state index < -0.39 is 15.9 Å². The number of carbonyl (C=O) groups is 1. The third-order valence-corrected chi connectivity index (χ3v) is 5.38. The van der Waals surface area contributed by atoms with Crippen LogP contribution in [0.1, 0.15) is 17.5 Å². The summed E-state index contributed by atoms with van der Waals surface area (Å²) in [4.78, 5) is 12.1. The average molecular weight is 295 g/mol. The predicted molar refractivity (Wildman–Crippen MR) is 75.5 cm³/mol. The van der Waals surface area contributed by atoms with Crippen LogP contribution in [0.3, 0.4) is 0 Å². The Kier molecular flexibility index (Phi) is 3.52. The van der Waals surface area contributed by atoms with E-state index in [1.54, 1.807) is 0 Å². The van der Waals surface area contributed by atoms with Crippen LogP contribution < -0.4 is 5.32 Å². The number of rotatable bonds is 2. The number of amides is 1. The van der Waals surface area contributed by atoms with Crippen molar-refractivity contribution in [3.05, 3.63) is 29.3 Å². The van der Waals surface area contributed by atoms with Crippen molar-refractivity contribution in [2.45, 2.75) is 25.4 Å². The summed E-state index contributed by atoms with van der Waals surface area (Å²) in [6.07, 6.45) is 2.37. The standard InChI is InChI=1S/C14H17NO4S/c16-14(13-9-20(17,18)7-6-19-13)15-12-5-4-10-2-1-3-11(10)8-12/h4-5,8,13H,1-3,6-7,9H2,(H,15,16). The molecule has 1 fully saturated rings. The van der Waals surface area contributed by atoms with Crippen LogP contribution in [-0.4, -0.2) is 38.5 Å². The minimum absolute atomic E-state index is 0.00434. The largest absolute Gasteiger partial charge is 0.366 e. The fraction of sp³-hybridized carbons (Fsp3) is 0.500. The highest BCUT2D eigenvalue weighted by Crippen LogP contribution is 2.25. The van der Waals surface area contributed by atoms with E-state index in [-0.39, 0.29) is 24.0 Å². The molecular weight excluding hydrogens is 278 g/mol. The lowest BCUT2D eigenvalue weighted by Gasteiger charge is -2.22. The second-order valence-electron chi connectivity index (χ2n) is 5.30. The smallest absolute Gasteiger partial charge is 0.254 e. The van der Waals surface area contributed by atoms with E-state index >= 15 is 0 Å². The molecule has 1 aromatic rings. The quantitative estimate of drug-likeness (QED) is 0.881. The zero-order chi connectivity index (χ0) is 14.2. The fourth-order valence-electron chi connectivity index (χ4n) is 2.70. The number of ether oxygens (including phenoxy) is 1. The average Bonchev–Trinajstić information content (AvgIpc) is 2.85. The normalized spacial score (nSPS) is 24.1. The molecule has 2 aliphatic rings. The van der Waals surface area contributed by atoms with Gasteiger partial charge < -0.3 is 10.1 Å². The molecule has 0 saturated carbocycles. The number of aryl methyl sites for hydroxylation is 2. The van der Waals surface area contributed by atoms with Crippen molar-refractivity contribution >= 4 is 21.4 Å². The molecule has 6 heteroatoms. The molecule has 3 rings (SSSR count). The Hall–Kier alpha value is -1.40. The zero-order valence-corrected chi connectivity index (χ0v) is 11.9. The summed E-state index contributed by atoms with van der Waals surface area (Å²) in [5, 5.41) is 2.75. The summed E-state index contributed by atoms with van der Waals surface area (Å²) in [6, 6.07) is 5.85. The maximum absolute atomic E-state index is 12.1. The minimum Gasteiger partial charge on any atom is -0.366 e. The molecule has 1 aliphatic carbocycles. The van der Waals surface area contributed by atoms with Crippen LogP contribution in [-0.2, 0) is 32.2 Å². The van der Waals surface area contributed by atoms with Crippen LogP contribution in [0.2, 0.25) is 0 Å². The van der Waals surface area contributed by atoms with Gasteiger partial charge in [-0.1, -0.05) is 6.07 Å². The number of anilines is 1. The van der Waals surface area contributed by atoms with E-state index in [1.165, 1.54) is 11.1 Å². The lowest BCUT2D eigenvalue weighted by Crippen LogP contribution is -2.42. The third kappa shape index (κ3) is 2.86. The van der Waals surface area contributed by atoms with E-state index in [2.05, 4.69) is 5.32 Å². The zero-order valence-electron chi connectivity index (χ0n) is 11.1. The topological polar surface area (TPSA) is 72.5 Å². The third-order valence-electron chi connectivity index (χ3n) is 3.78. The van der Waals surface area contributed by atoms with Crippen molar-refractivity contribution < 1.29 is 17.9 Å². The molecule has 1 amide bonds. The van der Waals surface area contributed by atoms with Gasteiger partial charge in [-0.05, 0) is 42.5 Å². The number of benzene rings is 1. The number of carbonyl (C=O) groups excluding carboxylic acids is 1. The van der Waals surface area contributed by atoms with Crippen molar-refractivity contribution in [2.75, 3.05) is 23.4 Å². The van der Waals surface area contributed by atoms with Gasteiger partial charge in [-0.25, -0.2) is 8.42 Å². The summed E-state index contributed by atoms with van der Waals surface area (Å²) in [6.45, 7) is 0.0879. The molecule has 1 atom stereocenters.